The zero-order valence-electron chi connectivity index (χ0n) is 25.5. The fourth-order valence-corrected chi connectivity index (χ4v) is 6.17. The summed E-state index contributed by atoms with van der Waals surface area (Å²) in [6.45, 7) is 13.6. The van der Waals surface area contributed by atoms with E-state index >= 15 is 4.39 Å². The molecule has 0 spiro atoms. The van der Waals surface area contributed by atoms with Gasteiger partial charge in [0.2, 0.25) is 5.95 Å². The molecule has 3 aromatic heterocycles. The zero-order valence-corrected chi connectivity index (χ0v) is 24.5. The summed E-state index contributed by atoms with van der Waals surface area (Å²) < 4.78 is 39.6. The molecule has 11 heteroatoms. The number of piperazine rings is 1. The molecular formula is C31H39F2N9. The van der Waals surface area contributed by atoms with Crippen LogP contribution in [0.3, 0.4) is 0 Å². The van der Waals surface area contributed by atoms with Crippen molar-refractivity contribution in [2.24, 2.45) is 5.92 Å². The molecule has 42 heavy (non-hydrogen) atoms. The number of aromatic nitrogens is 5. The van der Waals surface area contributed by atoms with Crippen molar-refractivity contribution < 1.29 is 10.2 Å². The van der Waals surface area contributed by atoms with Crippen molar-refractivity contribution in [3.8, 4) is 11.3 Å². The topological polar surface area (TPSA) is 87.0 Å². The molecule has 2 N–H and O–H groups in total. The number of nitrogens with zero attached hydrogens (tertiary/aromatic N) is 7. The van der Waals surface area contributed by atoms with Crippen molar-refractivity contribution in [1.29, 1.82) is 0 Å². The minimum absolute atomic E-state index is 0.00568. The molecule has 4 aromatic rings. The van der Waals surface area contributed by atoms with Gasteiger partial charge in [-0.15, -0.1) is 0 Å². The molecule has 0 unspecified atom stereocenters. The number of aryl methyl sites for hydroxylation is 1. The van der Waals surface area contributed by atoms with Crippen molar-refractivity contribution in [1.82, 2.24) is 39.6 Å². The van der Waals surface area contributed by atoms with Gasteiger partial charge in [0.15, 0.2) is 11.6 Å². The highest BCUT2D eigenvalue weighted by atomic mass is 19.1. The predicted octanol–water partition coefficient (Wildman–Crippen LogP) is 4.92. The van der Waals surface area contributed by atoms with Crippen LogP contribution in [-0.4, -0.2) is 80.1 Å². The third kappa shape index (κ3) is 6.28. The summed E-state index contributed by atoms with van der Waals surface area (Å²) in [5.74, 6) is 0.978. The Kier molecular flexibility index (Phi) is 8.04. The highest BCUT2D eigenvalue weighted by Gasteiger charge is 2.23. The zero-order chi connectivity index (χ0) is 30.1. The Labute approximate surface area is 246 Å². The van der Waals surface area contributed by atoms with E-state index in [1.54, 1.807) is 11.4 Å². The lowest BCUT2D eigenvalue weighted by molar-refractivity contribution is 0.132. The Balaban J connectivity index is 1.08. The Bertz CT molecular complexity index is 1560. The van der Waals surface area contributed by atoms with Crippen LogP contribution in [0.25, 0.3) is 22.3 Å². The third-order valence-corrected chi connectivity index (χ3v) is 8.30. The van der Waals surface area contributed by atoms with Crippen LogP contribution >= 0.6 is 0 Å². The lowest BCUT2D eigenvalue weighted by Gasteiger charge is -2.36. The first-order chi connectivity index (χ1) is 20.7. The number of hydrogen-bond donors (Lipinski definition) is 2. The normalized spacial score (nSPS) is 18.2. The van der Waals surface area contributed by atoms with Crippen LogP contribution in [0.4, 0.5) is 20.5 Å². The summed E-state index contributed by atoms with van der Waals surface area (Å²) in [5.41, 5.74) is 2.30. The number of fused-ring (bicyclic) bond motifs is 1. The number of rotatable bonds is 8. The first-order valence-electron chi connectivity index (χ1n) is 15.3. The van der Waals surface area contributed by atoms with Gasteiger partial charge >= 0.3 is 0 Å². The van der Waals surface area contributed by atoms with Gasteiger partial charge < -0.3 is 20.1 Å². The third-order valence-electron chi connectivity index (χ3n) is 8.30. The Morgan fingerprint density at radius 2 is 1.79 bits per heavy atom. The molecule has 5 heterocycles. The molecule has 0 saturated carbocycles. The van der Waals surface area contributed by atoms with Crippen molar-refractivity contribution in [3.05, 3.63) is 59.7 Å². The molecule has 6 rings (SSSR count). The number of hydrogen-bond acceptors (Lipinski definition) is 8. The summed E-state index contributed by atoms with van der Waals surface area (Å²) >= 11 is 0. The van der Waals surface area contributed by atoms with Crippen molar-refractivity contribution in [2.45, 2.75) is 46.2 Å². The first-order valence-corrected chi connectivity index (χ1v) is 14.8. The van der Waals surface area contributed by atoms with Crippen LogP contribution in [0.1, 0.15) is 44.1 Å². The highest BCUT2D eigenvalue weighted by molar-refractivity contribution is 5.83. The maximum Gasteiger partial charge on any atom is 0.229 e. The average Bonchev–Trinajstić information content (AvgIpc) is 3.34. The number of anilines is 2. The number of benzene rings is 1. The van der Waals surface area contributed by atoms with Gasteiger partial charge in [0.25, 0.3) is 0 Å². The summed E-state index contributed by atoms with van der Waals surface area (Å²) in [4.78, 5) is 22.4. The monoisotopic (exact) mass is 576 g/mol. The fourth-order valence-electron chi connectivity index (χ4n) is 6.17. The Hall–Kier alpha value is -3.54. The molecule has 0 radical (unpaired) electrons. The van der Waals surface area contributed by atoms with Crippen LogP contribution in [-0.2, 0) is 6.54 Å². The number of pyridine rings is 1. The van der Waals surface area contributed by atoms with Gasteiger partial charge in [-0.3, -0.25) is 4.90 Å². The Morgan fingerprint density at radius 1 is 1.00 bits per heavy atom. The minimum atomic E-state index is -0.640. The minimum Gasteiger partial charge on any atom is -0.326 e. The summed E-state index contributed by atoms with van der Waals surface area (Å²) in [6, 6.07) is 6.96. The molecule has 1 aromatic carbocycles. The van der Waals surface area contributed by atoms with Gasteiger partial charge in [0.05, 0.1) is 11.7 Å². The van der Waals surface area contributed by atoms with E-state index in [2.05, 4.69) is 35.1 Å². The first kappa shape index (κ1) is 27.3. The molecule has 0 bridgehead atoms. The summed E-state index contributed by atoms with van der Waals surface area (Å²) in [7, 11) is 0. The lowest BCUT2D eigenvalue weighted by atomic mass is 9.95. The second-order valence-corrected chi connectivity index (χ2v) is 11.7. The maximum atomic E-state index is 15.0. The molecular weight excluding hydrogens is 536 g/mol. The smallest absolute Gasteiger partial charge is 0.229 e. The van der Waals surface area contributed by atoms with E-state index in [0.29, 0.717) is 22.7 Å². The maximum absolute atomic E-state index is 15.0. The van der Waals surface area contributed by atoms with Gasteiger partial charge in [-0.1, -0.05) is 6.07 Å². The molecule has 0 aliphatic carbocycles. The van der Waals surface area contributed by atoms with E-state index in [0.717, 1.165) is 70.0 Å². The van der Waals surface area contributed by atoms with Gasteiger partial charge in [-0.25, -0.2) is 28.7 Å². The SMILES string of the molecule is [2H]N1CCN(CC2CCN(Cc3ccc(Nc4ncc(F)c(-c5cc(F)c6nc(C)n(C(C)C)c6c5)n4)nc3)CC2)CC1. The second-order valence-electron chi connectivity index (χ2n) is 11.7. The van der Waals surface area contributed by atoms with E-state index < -0.39 is 11.6 Å². The molecule has 2 saturated heterocycles. The number of piperidine rings is 1. The van der Waals surface area contributed by atoms with Gasteiger partial charge in [-0.2, -0.15) is 0 Å². The second kappa shape index (κ2) is 12.4. The highest BCUT2D eigenvalue weighted by Crippen LogP contribution is 2.30. The van der Waals surface area contributed by atoms with Gasteiger partial charge in [0.1, 0.15) is 24.3 Å². The average molecular weight is 577 g/mol. The molecule has 2 aliphatic rings. The van der Waals surface area contributed by atoms with E-state index in [1.165, 1.54) is 18.9 Å². The number of imidazole rings is 1. The summed E-state index contributed by atoms with van der Waals surface area (Å²) in [5, 5.41) is 4.72. The molecule has 2 aliphatic heterocycles. The molecule has 0 atom stereocenters. The van der Waals surface area contributed by atoms with E-state index in [9.17, 15) is 4.39 Å². The number of nitrogens with one attached hydrogen (secondary N) is 2. The van der Waals surface area contributed by atoms with E-state index in [-0.39, 0.29) is 23.2 Å². The largest absolute Gasteiger partial charge is 0.326 e. The fraction of sp³-hybridized carbons (Fsp3) is 0.484. The van der Waals surface area contributed by atoms with Crippen LogP contribution in [0.2, 0.25) is 1.41 Å². The van der Waals surface area contributed by atoms with Crippen LogP contribution in [0.5, 0.6) is 0 Å². The standard InChI is InChI=1S/C31H39F2N9/c1-20(2)42-21(3)37-30-25(32)14-24(15-27(30)42)29-26(33)17-36-31(39-29)38-28-5-4-23(16-35-28)19-40-10-6-22(7-11-40)18-41-12-8-34-9-13-41/h4-5,14-17,20,22,34H,6-13,18-19H2,1-3H3,(H,35,36,38,39)/i/hD. The van der Waals surface area contributed by atoms with Crippen molar-refractivity contribution in [2.75, 3.05) is 51.1 Å². The quantitative estimate of drug-likeness (QED) is 0.306. The van der Waals surface area contributed by atoms with Crippen LogP contribution in [0, 0.1) is 24.5 Å². The van der Waals surface area contributed by atoms with Crippen LogP contribution < -0.4 is 10.6 Å². The molecule has 0 amide bonds. The van der Waals surface area contributed by atoms with Gasteiger partial charge in [-0.05, 0) is 76.4 Å². The Morgan fingerprint density at radius 3 is 2.50 bits per heavy atom. The molecule has 9 nitrogen and oxygen atoms in total. The van der Waals surface area contributed by atoms with Gasteiger partial charge in [0, 0.05) is 57.1 Å². The summed E-state index contributed by atoms with van der Waals surface area (Å²) in [6.07, 6.45) is 5.31. The number of halogens is 2. The van der Waals surface area contributed by atoms with E-state index in [1.807, 2.05) is 43.7 Å². The van der Waals surface area contributed by atoms with Crippen molar-refractivity contribution >= 4 is 22.8 Å². The molecule has 2 fully saturated rings. The van der Waals surface area contributed by atoms with Crippen LogP contribution in [0.15, 0.2) is 36.7 Å². The predicted molar refractivity (Wildman–Crippen MR) is 161 cm³/mol. The number of likely N-dealkylation sites (tertiary alicyclic amines) is 1. The molecule has 222 valence electrons. The lowest BCUT2D eigenvalue weighted by Crippen LogP contribution is -2.46. The van der Waals surface area contributed by atoms with E-state index in [4.69, 9.17) is 1.41 Å². The van der Waals surface area contributed by atoms with Crippen molar-refractivity contribution in [3.63, 3.8) is 0 Å².